The van der Waals surface area contributed by atoms with Gasteiger partial charge in [-0.3, -0.25) is 0 Å². The quantitative estimate of drug-likeness (QED) is 0.805. The summed E-state index contributed by atoms with van der Waals surface area (Å²) >= 11 is 1.69. The van der Waals surface area contributed by atoms with E-state index in [-0.39, 0.29) is 18.7 Å². The van der Waals surface area contributed by atoms with Crippen LogP contribution in [-0.2, 0) is 5.75 Å². The zero-order chi connectivity index (χ0) is 16.8. The van der Waals surface area contributed by atoms with Crippen LogP contribution in [0.4, 0.5) is 10.5 Å². The molecule has 0 radical (unpaired) electrons. The normalized spacial score (nSPS) is 17.7. The molecule has 3 rings (SSSR count). The molecule has 1 atom stereocenters. The minimum atomic E-state index is -0.135. The van der Waals surface area contributed by atoms with Crippen LogP contribution >= 0.6 is 11.8 Å². The van der Waals surface area contributed by atoms with Crippen molar-refractivity contribution in [2.75, 3.05) is 18.5 Å². The Kier molecular flexibility index (Phi) is 5.82. The van der Waals surface area contributed by atoms with E-state index in [1.807, 2.05) is 36.4 Å². The number of hydrogen-bond acceptors (Lipinski definition) is 4. The van der Waals surface area contributed by atoms with Crippen molar-refractivity contribution >= 4 is 23.5 Å². The van der Waals surface area contributed by atoms with Crippen molar-refractivity contribution in [1.82, 2.24) is 4.90 Å². The number of nitrogens with one attached hydrogen (secondary N) is 1. The highest BCUT2D eigenvalue weighted by Gasteiger charge is 2.25. The number of aliphatic hydroxyl groups excluding tert-OH is 1. The number of hydrogen-bond donors (Lipinski definition) is 2. The number of amides is 2. The molecule has 2 N–H and O–H groups in total. The number of urea groups is 1. The Morgan fingerprint density at radius 3 is 2.83 bits per heavy atom. The van der Waals surface area contributed by atoms with E-state index in [0.29, 0.717) is 6.54 Å². The molecular weight excluding hydrogens is 324 g/mol. The van der Waals surface area contributed by atoms with Gasteiger partial charge in [0.2, 0.25) is 0 Å². The number of rotatable bonds is 5. The van der Waals surface area contributed by atoms with Gasteiger partial charge in [0.15, 0.2) is 0 Å². The van der Waals surface area contributed by atoms with E-state index in [1.54, 1.807) is 22.9 Å². The Balaban J connectivity index is 1.54. The van der Waals surface area contributed by atoms with Gasteiger partial charge in [-0.05, 0) is 55.7 Å². The fourth-order valence-corrected chi connectivity index (χ4v) is 3.64. The predicted molar refractivity (Wildman–Crippen MR) is 95.2 cm³/mol. The lowest BCUT2D eigenvalue weighted by Gasteiger charge is -2.34. The van der Waals surface area contributed by atoms with Crippen LogP contribution in [0.1, 0.15) is 25.0 Å². The molecule has 0 aliphatic carbocycles. The van der Waals surface area contributed by atoms with Gasteiger partial charge in [0.05, 0.1) is 24.7 Å². The lowest BCUT2D eigenvalue weighted by molar-refractivity contribution is 0.115. The Morgan fingerprint density at radius 2 is 2.12 bits per heavy atom. The third-order valence-electron chi connectivity index (χ3n) is 4.17. The zero-order valence-electron chi connectivity index (χ0n) is 13.5. The maximum absolute atomic E-state index is 12.4. The zero-order valence-corrected chi connectivity index (χ0v) is 14.3. The van der Waals surface area contributed by atoms with E-state index in [9.17, 15) is 9.90 Å². The van der Waals surface area contributed by atoms with Gasteiger partial charge in [0, 0.05) is 17.1 Å². The number of carbonyl (C=O) groups excluding carboxylic acids is 1. The van der Waals surface area contributed by atoms with Crippen molar-refractivity contribution in [3.8, 4) is 0 Å². The SMILES string of the molecule is O=C(Nc1ccc(SCc2ccco2)cc1)N1CCCC[C@H]1CO. The highest BCUT2D eigenvalue weighted by Crippen LogP contribution is 2.25. The number of benzene rings is 1. The van der Waals surface area contributed by atoms with Gasteiger partial charge < -0.3 is 19.7 Å². The second-order valence-electron chi connectivity index (χ2n) is 5.85. The van der Waals surface area contributed by atoms with Crippen molar-refractivity contribution in [2.45, 2.75) is 36.0 Å². The van der Waals surface area contributed by atoms with Crippen molar-refractivity contribution in [3.05, 3.63) is 48.4 Å². The number of anilines is 1. The van der Waals surface area contributed by atoms with Gasteiger partial charge in [-0.1, -0.05) is 0 Å². The van der Waals surface area contributed by atoms with E-state index in [1.165, 1.54) is 0 Å². The minimum Gasteiger partial charge on any atom is -0.468 e. The van der Waals surface area contributed by atoms with Gasteiger partial charge in [-0.15, -0.1) is 11.8 Å². The summed E-state index contributed by atoms with van der Waals surface area (Å²) in [6, 6.07) is 11.4. The van der Waals surface area contributed by atoms with Gasteiger partial charge in [0.25, 0.3) is 0 Å². The molecule has 1 aromatic carbocycles. The Hall–Kier alpha value is -1.92. The Bertz CT molecular complexity index is 643. The molecular formula is C18H22N2O3S. The van der Waals surface area contributed by atoms with Crippen molar-refractivity contribution in [3.63, 3.8) is 0 Å². The molecule has 24 heavy (non-hydrogen) atoms. The number of piperidine rings is 1. The first-order valence-corrected chi connectivity index (χ1v) is 9.18. The average Bonchev–Trinajstić information content (AvgIpc) is 3.14. The van der Waals surface area contributed by atoms with E-state index < -0.39 is 0 Å². The molecule has 1 saturated heterocycles. The van der Waals surface area contributed by atoms with Crippen molar-refractivity contribution in [2.24, 2.45) is 0 Å². The van der Waals surface area contributed by atoms with Crippen LogP contribution in [0.3, 0.4) is 0 Å². The van der Waals surface area contributed by atoms with Crippen molar-refractivity contribution in [1.29, 1.82) is 0 Å². The van der Waals surface area contributed by atoms with Crippen molar-refractivity contribution < 1.29 is 14.3 Å². The van der Waals surface area contributed by atoms with E-state index in [2.05, 4.69) is 5.32 Å². The fraction of sp³-hybridized carbons (Fsp3) is 0.389. The first-order chi connectivity index (χ1) is 11.8. The monoisotopic (exact) mass is 346 g/mol. The molecule has 0 bridgehead atoms. The van der Waals surface area contributed by atoms with Gasteiger partial charge >= 0.3 is 6.03 Å². The van der Waals surface area contributed by atoms with E-state index in [0.717, 1.165) is 41.4 Å². The predicted octanol–water partition coefficient (Wildman–Crippen LogP) is 3.95. The number of likely N-dealkylation sites (tertiary alicyclic amines) is 1. The van der Waals surface area contributed by atoms with Crippen LogP contribution < -0.4 is 5.32 Å². The molecule has 0 unspecified atom stereocenters. The summed E-state index contributed by atoms with van der Waals surface area (Å²) in [5.41, 5.74) is 0.768. The first-order valence-electron chi connectivity index (χ1n) is 8.20. The third-order valence-corrected chi connectivity index (χ3v) is 5.20. The topological polar surface area (TPSA) is 65.7 Å². The number of nitrogens with zero attached hydrogens (tertiary/aromatic N) is 1. The number of carbonyl (C=O) groups is 1. The van der Waals surface area contributed by atoms with Crippen LogP contribution in [0.15, 0.2) is 52.0 Å². The molecule has 1 fully saturated rings. The molecule has 1 aliphatic heterocycles. The lowest BCUT2D eigenvalue weighted by atomic mass is 10.0. The maximum Gasteiger partial charge on any atom is 0.322 e. The number of aliphatic hydroxyl groups is 1. The first kappa shape index (κ1) is 16.9. The molecule has 2 amide bonds. The van der Waals surface area contributed by atoms with Crippen LogP contribution in [0, 0.1) is 0 Å². The summed E-state index contributed by atoms with van der Waals surface area (Å²) in [5, 5.41) is 12.3. The number of thioether (sulfide) groups is 1. The summed E-state index contributed by atoms with van der Waals surface area (Å²) in [6.07, 6.45) is 4.60. The third kappa shape index (κ3) is 4.33. The van der Waals surface area contributed by atoms with E-state index in [4.69, 9.17) is 4.42 Å². The largest absolute Gasteiger partial charge is 0.468 e. The summed E-state index contributed by atoms with van der Waals surface area (Å²) in [7, 11) is 0. The summed E-state index contributed by atoms with van der Waals surface area (Å²) in [6.45, 7) is 0.726. The number of furan rings is 1. The van der Waals surface area contributed by atoms with Crippen LogP contribution in [-0.4, -0.2) is 35.2 Å². The Morgan fingerprint density at radius 1 is 1.29 bits per heavy atom. The molecule has 128 valence electrons. The molecule has 2 heterocycles. The molecule has 0 spiro atoms. The highest BCUT2D eigenvalue weighted by atomic mass is 32.2. The van der Waals surface area contributed by atoms with Gasteiger partial charge in [0.1, 0.15) is 5.76 Å². The average molecular weight is 346 g/mol. The molecule has 5 nitrogen and oxygen atoms in total. The van der Waals surface area contributed by atoms with Crippen LogP contribution in [0.5, 0.6) is 0 Å². The standard InChI is InChI=1S/C18H22N2O3S/c21-12-15-4-1-2-10-20(15)18(22)19-14-6-8-17(9-7-14)24-13-16-5-3-11-23-16/h3,5-9,11,15,21H,1-2,4,10,12-13H2,(H,19,22)/t15-/m0/s1. The highest BCUT2D eigenvalue weighted by molar-refractivity contribution is 7.98. The summed E-state index contributed by atoms with van der Waals surface area (Å²) in [5.74, 6) is 1.72. The van der Waals surface area contributed by atoms with Crippen LogP contribution in [0.25, 0.3) is 0 Å². The van der Waals surface area contributed by atoms with Gasteiger partial charge in [-0.2, -0.15) is 0 Å². The molecule has 0 saturated carbocycles. The summed E-state index contributed by atoms with van der Waals surface area (Å²) in [4.78, 5) is 15.2. The second-order valence-corrected chi connectivity index (χ2v) is 6.90. The smallest absolute Gasteiger partial charge is 0.322 e. The molecule has 2 aromatic rings. The molecule has 1 aliphatic rings. The maximum atomic E-state index is 12.4. The van der Waals surface area contributed by atoms with Gasteiger partial charge in [-0.25, -0.2) is 4.79 Å². The van der Waals surface area contributed by atoms with E-state index >= 15 is 0 Å². The van der Waals surface area contributed by atoms with Crippen LogP contribution in [0.2, 0.25) is 0 Å². The minimum absolute atomic E-state index is 0.0236. The lowest BCUT2D eigenvalue weighted by Crippen LogP contribution is -2.47. The Labute approximate surface area is 146 Å². The molecule has 1 aromatic heterocycles. The molecule has 6 heteroatoms. The fourth-order valence-electron chi connectivity index (χ4n) is 2.84. The second kappa shape index (κ2) is 8.26. The summed E-state index contributed by atoms with van der Waals surface area (Å²) < 4.78 is 5.32.